The molecule has 0 radical (unpaired) electrons. The monoisotopic (exact) mass is 439 g/mol. The predicted octanol–water partition coefficient (Wildman–Crippen LogP) is 8.57. The van der Waals surface area contributed by atoms with Crippen molar-refractivity contribution in [2.75, 3.05) is 0 Å². The molecule has 4 rings (SSSR count). The second-order valence-electron chi connectivity index (χ2n) is 9.13. The van der Waals surface area contributed by atoms with Crippen molar-refractivity contribution in [1.82, 2.24) is 4.98 Å². The van der Waals surface area contributed by atoms with Crippen LogP contribution >= 0.6 is 0 Å². The molecule has 2 aromatic rings. The maximum atomic E-state index is 10.8. The minimum absolute atomic E-state index is 0.343. The lowest BCUT2D eigenvalue weighted by molar-refractivity contribution is -0.141. The number of carboxylic acid groups (broad SMARTS) is 1. The molecule has 1 heterocycles. The molecule has 1 aromatic carbocycles. The van der Waals surface area contributed by atoms with Crippen molar-refractivity contribution in [3.05, 3.63) is 59.8 Å². The summed E-state index contributed by atoms with van der Waals surface area (Å²) in [5.41, 5.74) is 3.63. The lowest BCUT2D eigenvalue weighted by Crippen LogP contribution is -2.11. The van der Waals surface area contributed by atoms with E-state index in [9.17, 15) is 4.79 Å². The number of hydrogen-bond acceptors (Lipinski definition) is 1. The van der Waals surface area contributed by atoms with E-state index in [1.807, 2.05) is 44.3 Å². The third-order valence-electron chi connectivity index (χ3n) is 5.98. The summed E-state index contributed by atoms with van der Waals surface area (Å²) in [6.45, 7) is 12.5. The molecule has 1 unspecified atom stereocenters. The van der Waals surface area contributed by atoms with Crippen LogP contribution in [0.5, 0.6) is 0 Å². The minimum atomic E-state index is -0.750. The second-order valence-corrected chi connectivity index (χ2v) is 9.13. The third kappa shape index (κ3) is 10.3. The van der Waals surface area contributed by atoms with E-state index in [4.69, 9.17) is 5.11 Å². The van der Waals surface area contributed by atoms with Crippen LogP contribution in [0.25, 0.3) is 10.9 Å². The van der Waals surface area contributed by atoms with E-state index in [2.05, 4.69) is 44.0 Å². The highest BCUT2D eigenvalue weighted by Gasteiger charge is 2.13. The second kappa shape index (κ2) is 15.5. The normalized spacial score (nSPS) is 18.7. The summed E-state index contributed by atoms with van der Waals surface area (Å²) in [6.07, 6.45) is 17.7. The molecule has 0 spiro atoms. The average Bonchev–Trinajstić information content (AvgIpc) is 3.19. The van der Waals surface area contributed by atoms with Gasteiger partial charge >= 0.3 is 5.97 Å². The molecule has 2 aliphatic rings. The molecule has 2 N–H and O–H groups in total. The van der Waals surface area contributed by atoms with Gasteiger partial charge < -0.3 is 10.1 Å². The van der Waals surface area contributed by atoms with Gasteiger partial charge in [-0.2, -0.15) is 0 Å². The van der Waals surface area contributed by atoms with Crippen molar-refractivity contribution in [2.24, 2.45) is 17.8 Å². The molecule has 1 saturated carbocycles. The van der Waals surface area contributed by atoms with Crippen LogP contribution in [-0.4, -0.2) is 16.1 Å². The van der Waals surface area contributed by atoms with Crippen molar-refractivity contribution in [3.63, 3.8) is 0 Å². The van der Waals surface area contributed by atoms with Gasteiger partial charge in [-0.05, 0) is 43.2 Å². The molecule has 0 bridgehead atoms. The van der Waals surface area contributed by atoms with Crippen molar-refractivity contribution in [3.8, 4) is 0 Å². The van der Waals surface area contributed by atoms with Crippen molar-refractivity contribution >= 4 is 16.9 Å². The van der Waals surface area contributed by atoms with Gasteiger partial charge in [0.2, 0.25) is 0 Å². The molecular weight excluding hydrogens is 394 g/mol. The van der Waals surface area contributed by atoms with E-state index in [1.165, 1.54) is 44.1 Å². The van der Waals surface area contributed by atoms with E-state index in [0.717, 1.165) is 28.3 Å². The Kier molecular flexibility index (Phi) is 13.4. The van der Waals surface area contributed by atoms with Gasteiger partial charge in [0.05, 0.1) is 5.92 Å². The zero-order valence-electron chi connectivity index (χ0n) is 21.2. The number of hydrogen-bond donors (Lipinski definition) is 2. The molecule has 1 fully saturated rings. The lowest BCUT2D eigenvalue weighted by Gasteiger charge is -2.15. The highest BCUT2D eigenvalue weighted by Crippen LogP contribution is 2.22. The van der Waals surface area contributed by atoms with Crippen LogP contribution in [0, 0.1) is 17.8 Å². The van der Waals surface area contributed by atoms with Gasteiger partial charge in [-0.3, -0.25) is 4.79 Å². The summed E-state index contributed by atoms with van der Waals surface area (Å²) in [5, 5.41) is 9.96. The summed E-state index contributed by atoms with van der Waals surface area (Å²) >= 11 is 0. The number of H-pyrrole nitrogens is 1. The number of benzene rings is 1. The van der Waals surface area contributed by atoms with Gasteiger partial charge in [0.15, 0.2) is 0 Å². The Labute approximate surface area is 196 Å². The maximum Gasteiger partial charge on any atom is 0.306 e. The fourth-order valence-corrected chi connectivity index (χ4v) is 4.08. The SMILES string of the molecule is CC.CC1=CC=CC(C)C1.CC1CCCCC1.C[C@H](Cc1c[nH]c2ccccc12)C(=O)O. The number of aromatic nitrogens is 1. The standard InChI is InChI=1S/C12H13NO2.C8H12.C7H14.C2H6/c1-8(12(14)15)6-9-7-13-11-5-3-2-4-10(9)11;1-7-4-3-5-8(2)6-7;1-7-5-3-2-4-6-7;1-2/h2-5,7-8,13H,6H2,1H3,(H,14,15);3-5,7H,6H2,1-2H3;7H,2-6H2,1H3;1-2H3/t8-;;;/m1.../s1. The largest absolute Gasteiger partial charge is 0.481 e. The van der Waals surface area contributed by atoms with Crippen LogP contribution in [0.2, 0.25) is 0 Å². The third-order valence-corrected chi connectivity index (χ3v) is 5.98. The zero-order chi connectivity index (χ0) is 23.9. The maximum absolute atomic E-state index is 10.8. The van der Waals surface area contributed by atoms with Crippen LogP contribution in [-0.2, 0) is 11.2 Å². The molecule has 2 atom stereocenters. The Morgan fingerprint density at radius 2 is 1.78 bits per heavy atom. The van der Waals surface area contributed by atoms with Gasteiger partial charge in [-0.15, -0.1) is 0 Å². The number of aromatic amines is 1. The molecule has 32 heavy (non-hydrogen) atoms. The van der Waals surface area contributed by atoms with Gasteiger partial charge in [0.25, 0.3) is 0 Å². The van der Waals surface area contributed by atoms with Crippen molar-refractivity contribution < 1.29 is 9.90 Å². The molecule has 0 saturated heterocycles. The summed E-state index contributed by atoms with van der Waals surface area (Å²) in [6, 6.07) is 7.92. The van der Waals surface area contributed by atoms with E-state index in [1.54, 1.807) is 6.92 Å². The first-order chi connectivity index (χ1) is 15.4. The first kappa shape index (κ1) is 27.7. The number of nitrogens with one attached hydrogen (secondary N) is 1. The Hall–Kier alpha value is -2.29. The fourth-order valence-electron chi connectivity index (χ4n) is 4.08. The number of para-hydroxylation sites is 1. The summed E-state index contributed by atoms with van der Waals surface area (Å²) in [5.74, 6) is 0.707. The highest BCUT2D eigenvalue weighted by molar-refractivity contribution is 5.83. The first-order valence-corrected chi connectivity index (χ1v) is 12.5. The zero-order valence-corrected chi connectivity index (χ0v) is 21.2. The number of fused-ring (bicyclic) bond motifs is 1. The number of allylic oxidation sites excluding steroid dienone is 4. The smallest absolute Gasteiger partial charge is 0.306 e. The number of aliphatic carboxylic acids is 1. The van der Waals surface area contributed by atoms with Gasteiger partial charge in [-0.25, -0.2) is 0 Å². The molecule has 0 aliphatic heterocycles. The number of carboxylic acids is 1. The lowest BCUT2D eigenvalue weighted by atomic mass is 9.91. The van der Waals surface area contributed by atoms with E-state index in [-0.39, 0.29) is 5.92 Å². The highest BCUT2D eigenvalue weighted by atomic mass is 16.4. The Morgan fingerprint density at radius 3 is 2.28 bits per heavy atom. The molecule has 0 amide bonds. The van der Waals surface area contributed by atoms with E-state index in [0.29, 0.717) is 6.42 Å². The van der Waals surface area contributed by atoms with Crippen LogP contribution in [0.15, 0.2) is 54.3 Å². The van der Waals surface area contributed by atoms with Crippen LogP contribution in [0.3, 0.4) is 0 Å². The van der Waals surface area contributed by atoms with Crippen molar-refractivity contribution in [1.29, 1.82) is 0 Å². The van der Waals surface area contributed by atoms with Gasteiger partial charge in [0, 0.05) is 17.1 Å². The average molecular weight is 440 g/mol. The Balaban J connectivity index is 0.000000254. The fraction of sp³-hybridized carbons (Fsp3) is 0.552. The quantitative estimate of drug-likeness (QED) is 0.503. The van der Waals surface area contributed by atoms with E-state index >= 15 is 0 Å². The Bertz CT molecular complexity index is 840. The summed E-state index contributed by atoms with van der Waals surface area (Å²) < 4.78 is 0. The minimum Gasteiger partial charge on any atom is -0.481 e. The molecular formula is C29H45NO2. The number of rotatable bonds is 3. The van der Waals surface area contributed by atoms with E-state index < -0.39 is 5.97 Å². The first-order valence-electron chi connectivity index (χ1n) is 12.5. The van der Waals surface area contributed by atoms with Gasteiger partial charge in [-0.1, -0.05) is 109 Å². The summed E-state index contributed by atoms with van der Waals surface area (Å²) in [7, 11) is 0. The van der Waals surface area contributed by atoms with Crippen molar-refractivity contribution in [2.45, 2.75) is 86.5 Å². The number of carbonyl (C=O) groups is 1. The molecule has 3 nitrogen and oxygen atoms in total. The molecule has 2 aliphatic carbocycles. The van der Waals surface area contributed by atoms with Crippen LogP contribution in [0.1, 0.15) is 85.6 Å². The molecule has 1 aromatic heterocycles. The topological polar surface area (TPSA) is 53.1 Å². The Morgan fingerprint density at radius 1 is 1.12 bits per heavy atom. The van der Waals surface area contributed by atoms with Crippen LogP contribution < -0.4 is 0 Å². The summed E-state index contributed by atoms with van der Waals surface area (Å²) in [4.78, 5) is 13.9. The van der Waals surface area contributed by atoms with Gasteiger partial charge in [0.1, 0.15) is 0 Å². The molecule has 178 valence electrons. The molecule has 3 heteroatoms. The van der Waals surface area contributed by atoms with Crippen LogP contribution in [0.4, 0.5) is 0 Å². The predicted molar refractivity (Wildman–Crippen MR) is 139 cm³/mol.